The third kappa shape index (κ3) is 2.62. The molecule has 0 radical (unpaired) electrons. The Morgan fingerprint density at radius 1 is 1.04 bits per heavy atom. The molecule has 2 heterocycles. The zero-order chi connectivity index (χ0) is 15.6. The van der Waals surface area contributed by atoms with Gasteiger partial charge in [-0.1, -0.05) is 41.6 Å². The SMILES string of the molecule is O=C(Oc1ccc2c(-c3ccccc3)noc2c1)c1cccs1. The molecule has 0 aliphatic carbocycles. The Labute approximate surface area is 135 Å². The van der Waals surface area contributed by atoms with Crippen LogP contribution in [0.2, 0.25) is 0 Å². The fourth-order valence-electron chi connectivity index (χ4n) is 2.34. The van der Waals surface area contributed by atoms with Gasteiger partial charge in [-0.3, -0.25) is 0 Å². The molecule has 112 valence electrons. The molecule has 23 heavy (non-hydrogen) atoms. The molecule has 0 fully saturated rings. The van der Waals surface area contributed by atoms with Crippen molar-refractivity contribution in [1.82, 2.24) is 5.16 Å². The number of hydrogen-bond acceptors (Lipinski definition) is 5. The lowest BCUT2D eigenvalue weighted by molar-refractivity contribution is 0.0740. The number of hydrogen-bond donors (Lipinski definition) is 0. The highest BCUT2D eigenvalue weighted by Gasteiger charge is 2.14. The van der Waals surface area contributed by atoms with Crippen molar-refractivity contribution in [3.8, 4) is 17.0 Å². The number of carbonyl (C=O) groups is 1. The minimum Gasteiger partial charge on any atom is -0.422 e. The molecule has 0 atom stereocenters. The summed E-state index contributed by atoms with van der Waals surface area (Å²) >= 11 is 1.34. The molecule has 0 saturated carbocycles. The molecule has 4 nitrogen and oxygen atoms in total. The van der Waals surface area contributed by atoms with Crippen LogP contribution in [0.5, 0.6) is 5.75 Å². The van der Waals surface area contributed by atoms with E-state index in [2.05, 4.69) is 5.16 Å². The van der Waals surface area contributed by atoms with Gasteiger partial charge in [-0.25, -0.2) is 4.79 Å². The van der Waals surface area contributed by atoms with Crippen LogP contribution in [0.15, 0.2) is 70.6 Å². The third-order valence-corrected chi connectivity index (χ3v) is 4.27. The predicted molar refractivity (Wildman–Crippen MR) is 88.7 cm³/mol. The Balaban J connectivity index is 1.66. The molecular formula is C18H11NO3S. The lowest BCUT2D eigenvalue weighted by Crippen LogP contribution is -2.05. The van der Waals surface area contributed by atoms with E-state index in [-0.39, 0.29) is 5.97 Å². The molecule has 4 aromatic rings. The van der Waals surface area contributed by atoms with Crippen molar-refractivity contribution in [2.24, 2.45) is 0 Å². The second-order valence-electron chi connectivity index (χ2n) is 4.92. The largest absolute Gasteiger partial charge is 0.422 e. The van der Waals surface area contributed by atoms with Crippen molar-refractivity contribution in [1.29, 1.82) is 0 Å². The molecule has 0 saturated heterocycles. The first-order valence-electron chi connectivity index (χ1n) is 7.02. The fraction of sp³-hybridized carbons (Fsp3) is 0. The predicted octanol–water partition coefficient (Wildman–Crippen LogP) is 4.78. The van der Waals surface area contributed by atoms with Crippen LogP contribution in [-0.4, -0.2) is 11.1 Å². The number of aromatic nitrogens is 1. The summed E-state index contributed by atoms with van der Waals surface area (Å²) in [5.41, 5.74) is 2.34. The fourth-order valence-corrected chi connectivity index (χ4v) is 2.94. The maximum Gasteiger partial charge on any atom is 0.353 e. The van der Waals surface area contributed by atoms with Gasteiger partial charge in [-0.15, -0.1) is 11.3 Å². The molecule has 2 aromatic heterocycles. The molecule has 0 aliphatic rings. The third-order valence-electron chi connectivity index (χ3n) is 3.42. The quantitative estimate of drug-likeness (QED) is 0.403. The van der Waals surface area contributed by atoms with Gasteiger partial charge in [0, 0.05) is 17.0 Å². The number of ether oxygens (including phenoxy) is 1. The van der Waals surface area contributed by atoms with Crippen LogP contribution in [0.1, 0.15) is 9.67 Å². The minimum atomic E-state index is -0.373. The lowest BCUT2D eigenvalue weighted by atomic mass is 10.1. The number of rotatable bonds is 3. The Morgan fingerprint density at radius 2 is 1.91 bits per heavy atom. The van der Waals surface area contributed by atoms with E-state index in [1.165, 1.54) is 11.3 Å². The van der Waals surface area contributed by atoms with Gasteiger partial charge < -0.3 is 9.26 Å². The number of benzene rings is 2. The van der Waals surface area contributed by atoms with Crippen molar-refractivity contribution in [2.45, 2.75) is 0 Å². The summed E-state index contributed by atoms with van der Waals surface area (Å²) in [5.74, 6) is 0.0637. The molecule has 4 rings (SSSR count). The highest BCUT2D eigenvalue weighted by Crippen LogP contribution is 2.30. The summed E-state index contributed by atoms with van der Waals surface area (Å²) in [7, 11) is 0. The highest BCUT2D eigenvalue weighted by atomic mass is 32.1. The van der Waals surface area contributed by atoms with Gasteiger partial charge in [0.2, 0.25) is 0 Å². The second kappa shape index (κ2) is 5.70. The molecule has 0 spiro atoms. The summed E-state index contributed by atoms with van der Waals surface area (Å²) < 4.78 is 10.7. The standard InChI is InChI=1S/C18H11NO3S/c20-18(16-7-4-10-23-16)21-13-8-9-14-15(11-13)22-19-17(14)12-5-2-1-3-6-12/h1-11H. The topological polar surface area (TPSA) is 52.3 Å². The van der Waals surface area contributed by atoms with E-state index in [0.29, 0.717) is 16.2 Å². The van der Waals surface area contributed by atoms with Crippen molar-refractivity contribution in [3.63, 3.8) is 0 Å². The summed E-state index contributed by atoms with van der Waals surface area (Å²) in [6, 6.07) is 18.6. The molecule has 0 N–H and O–H groups in total. The van der Waals surface area contributed by atoms with Gasteiger partial charge in [-0.2, -0.15) is 0 Å². The Morgan fingerprint density at radius 3 is 2.70 bits per heavy atom. The van der Waals surface area contributed by atoms with Crippen LogP contribution >= 0.6 is 11.3 Å². The first-order chi connectivity index (χ1) is 11.3. The molecule has 2 aromatic carbocycles. The highest BCUT2D eigenvalue weighted by molar-refractivity contribution is 7.12. The first kappa shape index (κ1) is 13.7. The van der Waals surface area contributed by atoms with E-state index >= 15 is 0 Å². The second-order valence-corrected chi connectivity index (χ2v) is 5.87. The van der Waals surface area contributed by atoms with E-state index in [4.69, 9.17) is 9.26 Å². The van der Waals surface area contributed by atoms with Gasteiger partial charge >= 0.3 is 5.97 Å². The van der Waals surface area contributed by atoms with Gasteiger partial charge in [0.1, 0.15) is 16.3 Å². The van der Waals surface area contributed by atoms with E-state index in [1.54, 1.807) is 18.2 Å². The number of nitrogens with zero attached hydrogens (tertiary/aromatic N) is 1. The van der Waals surface area contributed by atoms with Crippen LogP contribution in [0, 0.1) is 0 Å². The van der Waals surface area contributed by atoms with E-state index in [9.17, 15) is 4.79 Å². The summed E-state index contributed by atoms with van der Waals surface area (Å²) in [4.78, 5) is 12.5. The van der Waals surface area contributed by atoms with Crippen LogP contribution in [0.25, 0.3) is 22.2 Å². The minimum absolute atomic E-state index is 0.373. The van der Waals surface area contributed by atoms with Crippen LogP contribution in [0.3, 0.4) is 0 Å². The Kier molecular flexibility index (Phi) is 3.40. The van der Waals surface area contributed by atoms with Gasteiger partial charge in [-0.05, 0) is 23.6 Å². The average Bonchev–Trinajstić information content (AvgIpc) is 3.25. The normalized spacial score (nSPS) is 10.8. The van der Waals surface area contributed by atoms with Gasteiger partial charge in [0.15, 0.2) is 5.58 Å². The summed E-state index contributed by atoms with van der Waals surface area (Å²) in [6.07, 6.45) is 0. The van der Waals surface area contributed by atoms with E-state index < -0.39 is 0 Å². The van der Waals surface area contributed by atoms with Crippen LogP contribution < -0.4 is 4.74 Å². The number of carbonyl (C=O) groups excluding carboxylic acids is 1. The smallest absolute Gasteiger partial charge is 0.353 e. The van der Waals surface area contributed by atoms with Crippen LogP contribution in [0.4, 0.5) is 0 Å². The van der Waals surface area contributed by atoms with Crippen LogP contribution in [-0.2, 0) is 0 Å². The monoisotopic (exact) mass is 321 g/mol. The summed E-state index contributed by atoms with van der Waals surface area (Å²) in [6.45, 7) is 0. The Bertz CT molecular complexity index is 959. The molecule has 0 aliphatic heterocycles. The zero-order valence-electron chi connectivity index (χ0n) is 11.9. The summed E-state index contributed by atoms with van der Waals surface area (Å²) in [5, 5.41) is 6.84. The number of fused-ring (bicyclic) bond motifs is 1. The molecule has 0 unspecified atom stereocenters. The number of esters is 1. The van der Waals surface area contributed by atoms with Crippen molar-refractivity contribution in [3.05, 3.63) is 70.9 Å². The molecule has 0 bridgehead atoms. The maximum absolute atomic E-state index is 12.0. The molecule has 0 amide bonds. The maximum atomic E-state index is 12.0. The number of thiophene rings is 1. The average molecular weight is 321 g/mol. The van der Waals surface area contributed by atoms with Gasteiger partial charge in [0.25, 0.3) is 0 Å². The van der Waals surface area contributed by atoms with E-state index in [0.717, 1.165) is 16.6 Å². The first-order valence-corrected chi connectivity index (χ1v) is 7.90. The van der Waals surface area contributed by atoms with Crippen molar-refractivity contribution >= 4 is 28.3 Å². The molecular weight excluding hydrogens is 310 g/mol. The molecule has 5 heteroatoms. The van der Waals surface area contributed by atoms with Crippen molar-refractivity contribution < 1.29 is 14.1 Å². The van der Waals surface area contributed by atoms with Crippen molar-refractivity contribution in [2.75, 3.05) is 0 Å². The zero-order valence-corrected chi connectivity index (χ0v) is 12.7. The Hall–Kier alpha value is -2.92. The lowest BCUT2D eigenvalue weighted by Gasteiger charge is -2.02. The van der Waals surface area contributed by atoms with Gasteiger partial charge in [0.05, 0.1) is 0 Å². The van der Waals surface area contributed by atoms with E-state index in [1.807, 2.05) is 47.8 Å².